The fraction of sp³-hybridized carbons (Fsp3) is 0.545. The Morgan fingerprint density at radius 3 is 2.63 bits per heavy atom. The minimum Gasteiger partial charge on any atom is -0.354 e. The van der Waals surface area contributed by atoms with E-state index in [4.69, 9.17) is 0 Å². The van der Waals surface area contributed by atoms with Crippen molar-refractivity contribution in [3.63, 3.8) is 0 Å². The minimum absolute atomic E-state index is 0.00596. The standard InChI is InChI=1S/C22H29N5O3/c1-21(2)13-23-20(30)22(24-14-21)9-11-27(12-10-22)18(28)8-7-17-19(29)26-16-6-4-3-5-15(16)25-17/h3-6,24H,7-14H2,1-2H3,(H,23,30)(H,26,29). The topological polar surface area (TPSA) is 107 Å². The highest BCUT2D eigenvalue weighted by Gasteiger charge is 2.44. The van der Waals surface area contributed by atoms with Crippen LogP contribution in [0.25, 0.3) is 11.0 Å². The van der Waals surface area contributed by atoms with Gasteiger partial charge in [-0.3, -0.25) is 14.4 Å². The van der Waals surface area contributed by atoms with Crippen LogP contribution >= 0.6 is 0 Å². The molecule has 2 aromatic rings. The molecule has 2 aliphatic heterocycles. The normalized spacial score (nSPS) is 20.7. The summed E-state index contributed by atoms with van der Waals surface area (Å²) in [6, 6.07) is 7.36. The van der Waals surface area contributed by atoms with Crippen LogP contribution in [0.4, 0.5) is 0 Å². The van der Waals surface area contributed by atoms with Crippen molar-refractivity contribution in [1.29, 1.82) is 0 Å². The lowest BCUT2D eigenvalue weighted by Crippen LogP contribution is -2.61. The summed E-state index contributed by atoms with van der Waals surface area (Å²) in [6.45, 7) is 6.72. The van der Waals surface area contributed by atoms with Gasteiger partial charge in [-0.1, -0.05) is 26.0 Å². The first-order valence-electron chi connectivity index (χ1n) is 10.6. The van der Waals surface area contributed by atoms with Gasteiger partial charge < -0.3 is 20.5 Å². The van der Waals surface area contributed by atoms with Crippen LogP contribution in [0.2, 0.25) is 0 Å². The molecule has 4 rings (SSSR count). The summed E-state index contributed by atoms with van der Waals surface area (Å²) in [4.78, 5) is 46.7. The Bertz CT molecular complexity index is 1020. The van der Waals surface area contributed by atoms with Crippen LogP contribution in [0.15, 0.2) is 29.1 Å². The molecule has 8 nitrogen and oxygen atoms in total. The van der Waals surface area contributed by atoms with Crippen LogP contribution < -0.4 is 16.2 Å². The molecule has 0 unspecified atom stereocenters. The number of carbonyl (C=O) groups excluding carboxylic acids is 2. The van der Waals surface area contributed by atoms with Crippen molar-refractivity contribution in [1.82, 2.24) is 25.5 Å². The van der Waals surface area contributed by atoms with Crippen LogP contribution in [-0.4, -0.2) is 58.4 Å². The number of aryl methyl sites for hydroxylation is 1. The van der Waals surface area contributed by atoms with Gasteiger partial charge in [0.05, 0.1) is 11.0 Å². The fourth-order valence-corrected chi connectivity index (χ4v) is 4.20. The van der Waals surface area contributed by atoms with Gasteiger partial charge in [0, 0.05) is 39.0 Å². The number of rotatable bonds is 3. The van der Waals surface area contributed by atoms with E-state index < -0.39 is 5.54 Å². The lowest BCUT2D eigenvalue weighted by Gasteiger charge is -2.40. The molecule has 2 amide bonds. The van der Waals surface area contributed by atoms with E-state index in [1.165, 1.54) is 0 Å². The summed E-state index contributed by atoms with van der Waals surface area (Å²) >= 11 is 0. The van der Waals surface area contributed by atoms with Crippen molar-refractivity contribution in [2.45, 2.75) is 45.1 Å². The van der Waals surface area contributed by atoms with Crippen LogP contribution in [0.3, 0.4) is 0 Å². The maximum absolute atomic E-state index is 12.7. The van der Waals surface area contributed by atoms with Crippen molar-refractivity contribution in [3.8, 4) is 0 Å². The molecular weight excluding hydrogens is 382 g/mol. The molecule has 8 heteroatoms. The van der Waals surface area contributed by atoms with Crippen molar-refractivity contribution in [2.24, 2.45) is 5.41 Å². The first-order chi connectivity index (χ1) is 14.3. The maximum atomic E-state index is 12.7. The van der Waals surface area contributed by atoms with E-state index in [2.05, 4.69) is 34.4 Å². The van der Waals surface area contributed by atoms with Crippen molar-refractivity contribution < 1.29 is 9.59 Å². The number of aromatic nitrogens is 2. The monoisotopic (exact) mass is 411 g/mol. The Hall–Kier alpha value is -2.74. The quantitative estimate of drug-likeness (QED) is 0.698. The third-order valence-electron chi connectivity index (χ3n) is 6.28. The zero-order chi connectivity index (χ0) is 21.4. The molecule has 0 aliphatic carbocycles. The zero-order valence-electron chi connectivity index (χ0n) is 17.6. The number of hydrogen-bond acceptors (Lipinski definition) is 5. The highest BCUT2D eigenvalue weighted by molar-refractivity contribution is 5.87. The summed E-state index contributed by atoms with van der Waals surface area (Å²) < 4.78 is 0. The number of nitrogens with one attached hydrogen (secondary N) is 3. The molecule has 3 heterocycles. The molecular formula is C22H29N5O3. The molecule has 2 fully saturated rings. The number of nitrogens with zero attached hydrogens (tertiary/aromatic N) is 2. The predicted molar refractivity (Wildman–Crippen MR) is 114 cm³/mol. The fourth-order valence-electron chi connectivity index (χ4n) is 4.20. The van der Waals surface area contributed by atoms with Gasteiger partial charge in [-0.25, -0.2) is 4.98 Å². The number of benzene rings is 1. The number of amides is 2. The Balaban J connectivity index is 1.36. The Morgan fingerprint density at radius 2 is 1.87 bits per heavy atom. The average molecular weight is 412 g/mol. The third-order valence-corrected chi connectivity index (χ3v) is 6.28. The molecule has 3 N–H and O–H groups in total. The van der Waals surface area contributed by atoms with Gasteiger partial charge in [-0.15, -0.1) is 0 Å². The first-order valence-corrected chi connectivity index (χ1v) is 10.6. The molecule has 0 bridgehead atoms. The van der Waals surface area contributed by atoms with E-state index in [-0.39, 0.29) is 29.2 Å². The number of H-pyrrole nitrogens is 1. The van der Waals surface area contributed by atoms with E-state index in [9.17, 15) is 14.4 Å². The van der Waals surface area contributed by atoms with Gasteiger partial charge in [0.25, 0.3) is 5.56 Å². The maximum Gasteiger partial charge on any atom is 0.270 e. The van der Waals surface area contributed by atoms with Crippen molar-refractivity contribution in [3.05, 3.63) is 40.3 Å². The summed E-state index contributed by atoms with van der Waals surface area (Å²) in [5, 5.41) is 6.53. The average Bonchev–Trinajstić information content (AvgIpc) is 2.84. The summed E-state index contributed by atoms with van der Waals surface area (Å²) in [7, 11) is 0. The van der Waals surface area contributed by atoms with Crippen molar-refractivity contribution >= 4 is 22.8 Å². The molecule has 0 radical (unpaired) electrons. The molecule has 30 heavy (non-hydrogen) atoms. The lowest BCUT2D eigenvalue weighted by molar-refractivity contribution is -0.137. The number of para-hydroxylation sites is 2. The van der Waals surface area contributed by atoms with Gasteiger partial charge in [0.2, 0.25) is 11.8 Å². The van der Waals surface area contributed by atoms with E-state index in [1.807, 2.05) is 18.2 Å². The largest absolute Gasteiger partial charge is 0.354 e. The number of hydrogen-bond donors (Lipinski definition) is 3. The van der Waals surface area contributed by atoms with Crippen molar-refractivity contribution in [2.75, 3.05) is 26.2 Å². The molecule has 2 aliphatic rings. The molecule has 0 saturated carbocycles. The molecule has 0 atom stereocenters. The number of fused-ring (bicyclic) bond motifs is 1. The number of piperidine rings is 1. The summed E-state index contributed by atoms with van der Waals surface area (Å²) in [5.74, 6) is 0.0284. The molecule has 160 valence electrons. The van der Waals surface area contributed by atoms with Gasteiger partial charge >= 0.3 is 0 Å². The van der Waals surface area contributed by atoms with Gasteiger partial charge in [0.15, 0.2) is 0 Å². The van der Waals surface area contributed by atoms with Crippen LogP contribution in [0.1, 0.15) is 38.8 Å². The first kappa shape index (κ1) is 20.5. The van der Waals surface area contributed by atoms with Gasteiger partial charge in [0.1, 0.15) is 11.2 Å². The second-order valence-electron chi connectivity index (χ2n) is 9.19. The number of likely N-dealkylation sites (tertiary alicyclic amines) is 1. The Morgan fingerprint density at radius 1 is 1.13 bits per heavy atom. The van der Waals surface area contributed by atoms with Crippen LogP contribution in [0, 0.1) is 5.41 Å². The highest BCUT2D eigenvalue weighted by Crippen LogP contribution is 2.27. The van der Waals surface area contributed by atoms with E-state index in [0.717, 1.165) is 6.54 Å². The smallest absolute Gasteiger partial charge is 0.270 e. The Labute approximate surface area is 175 Å². The van der Waals surface area contributed by atoms with E-state index >= 15 is 0 Å². The van der Waals surface area contributed by atoms with Gasteiger partial charge in [-0.05, 0) is 30.4 Å². The van der Waals surface area contributed by atoms with Crippen LogP contribution in [-0.2, 0) is 16.0 Å². The molecule has 2 saturated heterocycles. The number of aromatic amines is 1. The second-order valence-corrected chi connectivity index (χ2v) is 9.19. The summed E-state index contributed by atoms with van der Waals surface area (Å²) in [5.41, 5.74) is 0.945. The predicted octanol–water partition coefficient (Wildman–Crippen LogP) is 0.963. The zero-order valence-corrected chi connectivity index (χ0v) is 17.6. The van der Waals surface area contributed by atoms with Crippen LogP contribution in [0.5, 0.6) is 0 Å². The second kappa shape index (κ2) is 7.83. The SMILES string of the molecule is CC1(C)CNC(=O)C2(CCN(C(=O)CCc3nc4ccccc4[nH]c3=O)CC2)NC1. The van der Waals surface area contributed by atoms with Gasteiger partial charge in [-0.2, -0.15) is 0 Å². The van der Waals surface area contributed by atoms with E-state index in [0.29, 0.717) is 55.6 Å². The lowest BCUT2D eigenvalue weighted by atomic mass is 9.86. The minimum atomic E-state index is -0.596. The molecule has 1 aromatic carbocycles. The highest BCUT2D eigenvalue weighted by atomic mass is 16.2. The Kier molecular flexibility index (Phi) is 5.36. The summed E-state index contributed by atoms with van der Waals surface area (Å²) in [6.07, 6.45) is 1.71. The van der Waals surface area contributed by atoms with E-state index in [1.54, 1.807) is 11.0 Å². The third kappa shape index (κ3) is 4.09. The molecule has 1 spiro atoms. The molecule has 1 aromatic heterocycles. The number of carbonyl (C=O) groups is 2.